The highest BCUT2D eigenvalue weighted by Gasteiger charge is 2.26. The largest absolute Gasteiger partial charge is 0.373 e. The summed E-state index contributed by atoms with van der Waals surface area (Å²) in [6.07, 6.45) is 0.662. The Hall–Kier alpha value is -2.04. The van der Waals surface area contributed by atoms with E-state index in [0.29, 0.717) is 6.42 Å². The van der Waals surface area contributed by atoms with Gasteiger partial charge in [-0.25, -0.2) is 0 Å². The zero-order valence-electron chi connectivity index (χ0n) is 9.62. The molecule has 1 aliphatic rings. The second-order valence-corrected chi connectivity index (χ2v) is 3.95. The van der Waals surface area contributed by atoms with Crippen molar-refractivity contribution in [2.45, 2.75) is 12.5 Å². The van der Waals surface area contributed by atoms with Gasteiger partial charge in [-0.3, -0.25) is 9.59 Å². The van der Waals surface area contributed by atoms with E-state index in [9.17, 15) is 9.59 Å². The van der Waals surface area contributed by atoms with Gasteiger partial charge in [0.2, 0.25) is 11.8 Å². The monoisotopic (exact) mass is 233 g/mol. The van der Waals surface area contributed by atoms with Crippen LogP contribution in [0.1, 0.15) is 5.56 Å². The Kier molecular flexibility index (Phi) is 3.27. The molecule has 0 saturated heterocycles. The minimum Gasteiger partial charge on any atom is -0.373 e. The molecule has 17 heavy (non-hydrogen) atoms. The van der Waals surface area contributed by atoms with Crippen molar-refractivity contribution >= 4 is 17.5 Å². The molecule has 0 unspecified atom stereocenters. The van der Waals surface area contributed by atoms with Crippen molar-refractivity contribution in [2.75, 3.05) is 18.9 Å². The van der Waals surface area contributed by atoms with Crippen molar-refractivity contribution in [1.82, 2.24) is 10.6 Å². The van der Waals surface area contributed by atoms with Gasteiger partial charge in [-0.05, 0) is 11.6 Å². The minimum atomic E-state index is -0.281. The molecular weight excluding hydrogens is 218 g/mol. The summed E-state index contributed by atoms with van der Waals surface area (Å²) in [5.41, 5.74) is 2.13. The van der Waals surface area contributed by atoms with Crippen LogP contribution in [0.15, 0.2) is 24.3 Å². The predicted molar refractivity (Wildman–Crippen MR) is 64.6 cm³/mol. The number of para-hydroxylation sites is 1. The molecule has 1 aromatic rings. The van der Waals surface area contributed by atoms with E-state index in [1.165, 1.54) is 7.05 Å². The summed E-state index contributed by atoms with van der Waals surface area (Å²) in [6, 6.07) is 7.54. The van der Waals surface area contributed by atoms with Gasteiger partial charge in [-0.2, -0.15) is 0 Å². The van der Waals surface area contributed by atoms with Crippen molar-refractivity contribution < 1.29 is 9.59 Å². The van der Waals surface area contributed by atoms with Crippen LogP contribution in [-0.4, -0.2) is 31.4 Å². The highest BCUT2D eigenvalue weighted by molar-refractivity contribution is 5.90. The molecule has 0 aromatic heterocycles. The summed E-state index contributed by atoms with van der Waals surface area (Å²) in [6.45, 7) is 0.0177. The fraction of sp³-hybridized carbons (Fsp3) is 0.333. The Balaban J connectivity index is 1.90. The maximum atomic E-state index is 11.8. The number of likely N-dealkylation sites (N-methyl/N-ethyl adjacent to an activating group) is 1. The molecular formula is C12H15N3O2. The lowest BCUT2D eigenvalue weighted by Gasteiger charge is -2.11. The highest BCUT2D eigenvalue weighted by atomic mass is 16.2. The van der Waals surface area contributed by atoms with Crippen molar-refractivity contribution in [3.8, 4) is 0 Å². The summed E-state index contributed by atoms with van der Waals surface area (Å²) in [5.74, 6) is -0.348. The van der Waals surface area contributed by atoms with E-state index in [1.54, 1.807) is 0 Å². The van der Waals surface area contributed by atoms with E-state index in [2.05, 4.69) is 16.0 Å². The molecule has 0 spiro atoms. The highest BCUT2D eigenvalue weighted by Crippen LogP contribution is 2.24. The first-order valence-corrected chi connectivity index (χ1v) is 5.53. The molecule has 1 aliphatic heterocycles. The minimum absolute atomic E-state index is 0.0177. The van der Waals surface area contributed by atoms with Gasteiger partial charge in [0.15, 0.2) is 0 Å². The zero-order valence-corrected chi connectivity index (χ0v) is 9.62. The molecule has 0 radical (unpaired) electrons. The predicted octanol–water partition coefficient (Wildman–Crippen LogP) is -0.115. The van der Waals surface area contributed by atoms with Gasteiger partial charge in [-0.15, -0.1) is 0 Å². The Morgan fingerprint density at radius 1 is 1.41 bits per heavy atom. The van der Waals surface area contributed by atoms with Gasteiger partial charge in [0.1, 0.15) is 6.04 Å². The number of anilines is 1. The summed E-state index contributed by atoms with van der Waals surface area (Å²) in [4.78, 5) is 22.8. The first-order valence-electron chi connectivity index (χ1n) is 5.53. The molecule has 90 valence electrons. The Labute approximate surface area is 99.6 Å². The Morgan fingerprint density at radius 3 is 2.88 bits per heavy atom. The summed E-state index contributed by atoms with van der Waals surface area (Å²) >= 11 is 0. The Morgan fingerprint density at radius 2 is 2.18 bits per heavy atom. The van der Waals surface area contributed by atoms with E-state index in [0.717, 1.165) is 11.3 Å². The number of rotatable bonds is 3. The zero-order chi connectivity index (χ0) is 12.3. The lowest BCUT2D eigenvalue weighted by Crippen LogP contribution is -2.42. The number of carbonyl (C=O) groups is 2. The standard InChI is InChI=1S/C12H15N3O2/c1-13-11(16)7-14-12(17)10-6-8-4-2-3-5-9(8)15-10/h2-5,10,15H,6-7H2,1H3,(H,13,16)(H,14,17)/t10-/m0/s1. The molecule has 5 nitrogen and oxygen atoms in total. The second kappa shape index (κ2) is 4.86. The fourth-order valence-corrected chi connectivity index (χ4v) is 1.83. The molecule has 1 aromatic carbocycles. The molecule has 0 saturated carbocycles. The van der Waals surface area contributed by atoms with Crippen LogP contribution >= 0.6 is 0 Å². The van der Waals surface area contributed by atoms with Crippen LogP contribution in [0.2, 0.25) is 0 Å². The quantitative estimate of drug-likeness (QED) is 0.682. The van der Waals surface area contributed by atoms with Gasteiger partial charge in [0, 0.05) is 19.2 Å². The normalized spacial score (nSPS) is 16.9. The number of hydrogen-bond acceptors (Lipinski definition) is 3. The van der Waals surface area contributed by atoms with Gasteiger partial charge in [0.25, 0.3) is 0 Å². The molecule has 2 rings (SSSR count). The molecule has 5 heteroatoms. The van der Waals surface area contributed by atoms with E-state index >= 15 is 0 Å². The van der Waals surface area contributed by atoms with Crippen LogP contribution in [0.5, 0.6) is 0 Å². The first-order chi connectivity index (χ1) is 8.20. The van der Waals surface area contributed by atoms with Crippen LogP contribution in [0, 0.1) is 0 Å². The maximum absolute atomic E-state index is 11.8. The lowest BCUT2D eigenvalue weighted by atomic mass is 10.1. The lowest BCUT2D eigenvalue weighted by molar-refractivity contribution is -0.126. The number of amides is 2. The van der Waals surface area contributed by atoms with Crippen LogP contribution in [0.3, 0.4) is 0 Å². The van der Waals surface area contributed by atoms with Gasteiger partial charge in [-0.1, -0.05) is 18.2 Å². The van der Waals surface area contributed by atoms with E-state index in [-0.39, 0.29) is 24.4 Å². The van der Waals surface area contributed by atoms with Crippen molar-refractivity contribution in [3.05, 3.63) is 29.8 Å². The SMILES string of the molecule is CNC(=O)CNC(=O)[C@@H]1Cc2ccccc2N1. The molecule has 0 bridgehead atoms. The van der Waals surface area contributed by atoms with Crippen molar-refractivity contribution in [1.29, 1.82) is 0 Å². The fourth-order valence-electron chi connectivity index (χ4n) is 1.83. The Bertz CT molecular complexity index is 420. The molecule has 1 atom stereocenters. The van der Waals surface area contributed by atoms with Crippen LogP contribution < -0.4 is 16.0 Å². The van der Waals surface area contributed by atoms with E-state index < -0.39 is 0 Å². The molecule has 0 aliphatic carbocycles. The number of nitrogens with one attached hydrogen (secondary N) is 3. The van der Waals surface area contributed by atoms with E-state index in [4.69, 9.17) is 0 Å². The van der Waals surface area contributed by atoms with Gasteiger partial charge >= 0.3 is 0 Å². The average Bonchev–Trinajstić information content (AvgIpc) is 2.79. The first kappa shape index (κ1) is 11.4. The van der Waals surface area contributed by atoms with Crippen molar-refractivity contribution in [3.63, 3.8) is 0 Å². The molecule has 0 fully saturated rings. The molecule has 3 N–H and O–H groups in total. The summed E-state index contributed by atoms with van der Waals surface area (Å²) < 4.78 is 0. The second-order valence-electron chi connectivity index (χ2n) is 3.95. The third-order valence-corrected chi connectivity index (χ3v) is 2.79. The van der Waals surface area contributed by atoms with Crippen LogP contribution in [-0.2, 0) is 16.0 Å². The maximum Gasteiger partial charge on any atom is 0.243 e. The van der Waals surface area contributed by atoms with E-state index in [1.807, 2.05) is 24.3 Å². The number of fused-ring (bicyclic) bond motifs is 1. The third-order valence-electron chi connectivity index (χ3n) is 2.79. The third kappa shape index (κ3) is 2.55. The average molecular weight is 233 g/mol. The van der Waals surface area contributed by atoms with Crippen LogP contribution in [0.4, 0.5) is 5.69 Å². The smallest absolute Gasteiger partial charge is 0.243 e. The molecule has 1 heterocycles. The van der Waals surface area contributed by atoms with Crippen molar-refractivity contribution in [2.24, 2.45) is 0 Å². The summed E-state index contributed by atoms with van der Waals surface area (Å²) in [7, 11) is 1.54. The number of hydrogen-bond donors (Lipinski definition) is 3. The summed E-state index contributed by atoms with van der Waals surface area (Å²) in [5, 5.41) is 8.18. The van der Waals surface area contributed by atoms with Gasteiger partial charge < -0.3 is 16.0 Å². The number of benzene rings is 1. The number of carbonyl (C=O) groups excluding carboxylic acids is 2. The van der Waals surface area contributed by atoms with Gasteiger partial charge in [0.05, 0.1) is 6.54 Å². The molecule has 2 amide bonds. The topological polar surface area (TPSA) is 70.2 Å². The van der Waals surface area contributed by atoms with Crippen LogP contribution in [0.25, 0.3) is 0 Å².